The molecule has 1 aliphatic rings. The maximum Gasteiger partial charge on any atom is 0.261 e. The van der Waals surface area contributed by atoms with Gasteiger partial charge in [-0.05, 0) is 67.3 Å². The predicted octanol–water partition coefficient (Wildman–Crippen LogP) is 4.19. The number of sulfonamides is 1. The lowest BCUT2D eigenvalue weighted by atomic mass is 9.99. The molecule has 0 spiro atoms. The van der Waals surface area contributed by atoms with Gasteiger partial charge in [0.1, 0.15) is 5.75 Å². The van der Waals surface area contributed by atoms with E-state index in [1.807, 2.05) is 18.2 Å². The third-order valence-electron chi connectivity index (χ3n) is 5.54. The molecule has 4 rings (SSSR count). The highest BCUT2D eigenvalue weighted by Crippen LogP contribution is 2.26. The number of piperidine rings is 1. The average molecular weight is 439 g/mol. The quantitative estimate of drug-likeness (QED) is 0.621. The first-order valence-corrected chi connectivity index (χ1v) is 11.8. The van der Waals surface area contributed by atoms with Gasteiger partial charge in [-0.1, -0.05) is 19.1 Å². The Balaban J connectivity index is 1.50. The maximum atomic E-state index is 12.7. The zero-order valence-corrected chi connectivity index (χ0v) is 18.5. The molecule has 1 N–H and O–H groups in total. The van der Waals surface area contributed by atoms with Gasteiger partial charge >= 0.3 is 0 Å². The van der Waals surface area contributed by atoms with Crippen LogP contribution in [0.2, 0.25) is 0 Å². The van der Waals surface area contributed by atoms with E-state index >= 15 is 0 Å². The summed E-state index contributed by atoms with van der Waals surface area (Å²) in [5, 5.41) is 8.77. The number of benzene rings is 2. The van der Waals surface area contributed by atoms with Crippen molar-refractivity contribution in [3.05, 3.63) is 60.7 Å². The van der Waals surface area contributed by atoms with Crippen LogP contribution in [-0.4, -0.2) is 38.8 Å². The lowest BCUT2D eigenvalue weighted by molar-refractivity contribution is 0.414. The van der Waals surface area contributed by atoms with Crippen LogP contribution in [0.4, 0.5) is 11.5 Å². The maximum absolute atomic E-state index is 12.7. The van der Waals surface area contributed by atoms with E-state index in [0.29, 0.717) is 17.1 Å². The Kier molecular flexibility index (Phi) is 6.08. The predicted molar refractivity (Wildman–Crippen MR) is 122 cm³/mol. The number of hydrogen-bond donors (Lipinski definition) is 1. The minimum Gasteiger partial charge on any atom is -0.497 e. The summed E-state index contributed by atoms with van der Waals surface area (Å²) >= 11 is 0. The molecular weight excluding hydrogens is 412 g/mol. The second-order valence-electron chi connectivity index (χ2n) is 7.81. The smallest absolute Gasteiger partial charge is 0.261 e. The zero-order valence-electron chi connectivity index (χ0n) is 17.7. The van der Waals surface area contributed by atoms with Crippen LogP contribution in [0.15, 0.2) is 65.6 Å². The highest BCUT2D eigenvalue weighted by Gasteiger charge is 2.18. The van der Waals surface area contributed by atoms with Crippen molar-refractivity contribution in [1.29, 1.82) is 0 Å². The second kappa shape index (κ2) is 8.93. The molecule has 2 heterocycles. The summed E-state index contributed by atoms with van der Waals surface area (Å²) < 4.78 is 33.1. The molecule has 1 saturated heterocycles. The minimum atomic E-state index is -3.71. The van der Waals surface area contributed by atoms with Crippen LogP contribution in [-0.2, 0) is 10.0 Å². The molecule has 1 aromatic heterocycles. The van der Waals surface area contributed by atoms with E-state index in [1.54, 1.807) is 30.3 Å². The SMILES string of the molecule is COc1ccc(S(=O)(=O)Nc2cccc(-c3ccc(N4CCC(C)CC4)nn3)c2)cc1. The number of hydrogen-bond acceptors (Lipinski definition) is 6. The van der Waals surface area contributed by atoms with Crippen molar-refractivity contribution in [3.63, 3.8) is 0 Å². The van der Waals surface area contributed by atoms with Gasteiger partial charge in [0.2, 0.25) is 0 Å². The average Bonchev–Trinajstić information content (AvgIpc) is 2.80. The van der Waals surface area contributed by atoms with E-state index < -0.39 is 10.0 Å². The van der Waals surface area contributed by atoms with E-state index in [2.05, 4.69) is 26.7 Å². The first-order valence-electron chi connectivity index (χ1n) is 10.3. The Hall–Kier alpha value is -3.13. The molecule has 1 aliphatic heterocycles. The van der Waals surface area contributed by atoms with E-state index in [-0.39, 0.29) is 4.90 Å². The summed E-state index contributed by atoms with van der Waals surface area (Å²) in [6.45, 7) is 4.28. The van der Waals surface area contributed by atoms with E-state index in [1.165, 1.54) is 32.1 Å². The first-order chi connectivity index (χ1) is 14.9. The topological polar surface area (TPSA) is 84.4 Å². The van der Waals surface area contributed by atoms with Crippen LogP contribution in [0.5, 0.6) is 5.75 Å². The number of methoxy groups -OCH3 is 1. The minimum absolute atomic E-state index is 0.165. The fraction of sp³-hybridized carbons (Fsp3) is 0.304. The van der Waals surface area contributed by atoms with Crippen LogP contribution in [0.25, 0.3) is 11.3 Å². The van der Waals surface area contributed by atoms with Crippen molar-refractivity contribution in [3.8, 4) is 17.0 Å². The van der Waals surface area contributed by atoms with E-state index in [9.17, 15) is 8.42 Å². The number of aromatic nitrogens is 2. The molecule has 0 atom stereocenters. The summed E-state index contributed by atoms with van der Waals surface area (Å²) in [5.74, 6) is 2.24. The third-order valence-corrected chi connectivity index (χ3v) is 6.94. The first kappa shape index (κ1) is 21.1. The zero-order chi connectivity index (χ0) is 21.8. The van der Waals surface area contributed by atoms with Crippen molar-refractivity contribution >= 4 is 21.5 Å². The largest absolute Gasteiger partial charge is 0.497 e. The van der Waals surface area contributed by atoms with Crippen LogP contribution in [0, 0.1) is 5.92 Å². The number of nitrogens with zero attached hydrogens (tertiary/aromatic N) is 3. The normalized spacial score (nSPS) is 15.0. The van der Waals surface area contributed by atoms with Crippen LogP contribution in [0.1, 0.15) is 19.8 Å². The van der Waals surface area contributed by atoms with Gasteiger partial charge in [0.05, 0.1) is 17.7 Å². The highest BCUT2D eigenvalue weighted by atomic mass is 32.2. The summed E-state index contributed by atoms with van der Waals surface area (Å²) in [7, 11) is -2.17. The molecule has 0 bridgehead atoms. The van der Waals surface area contributed by atoms with Crippen LogP contribution < -0.4 is 14.4 Å². The molecule has 0 radical (unpaired) electrons. The van der Waals surface area contributed by atoms with Gasteiger partial charge in [-0.3, -0.25) is 4.72 Å². The number of ether oxygens (including phenoxy) is 1. The van der Waals surface area contributed by atoms with Gasteiger partial charge in [0, 0.05) is 24.3 Å². The third kappa shape index (κ3) is 4.96. The molecule has 0 saturated carbocycles. The molecular formula is C23H26N4O3S. The van der Waals surface area contributed by atoms with Crippen molar-refractivity contribution in [2.75, 3.05) is 29.8 Å². The molecule has 31 heavy (non-hydrogen) atoms. The van der Waals surface area contributed by atoms with Gasteiger partial charge < -0.3 is 9.64 Å². The number of nitrogens with one attached hydrogen (secondary N) is 1. The number of anilines is 2. The van der Waals surface area contributed by atoms with Gasteiger partial charge in [-0.25, -0.2) is 8.42 Å². The summed E-state index contributed by atoms with van der Waals surface area (Å²) in [6.07, 6.45) is 2.33. The molecule has 0 unspecified atom stereocenters. The second-order valence-corrected chi connectivity index (χ2v) is 9.49. The fourth-order valence-corrected chi connectivity index (χ4v) is 4.65. The van der Waals surface area contributed by atoms with Gasteiger partial charge in [0.25, 0.3) is 10.0 Å². The Labute approximate surface area is 183 Å². The number of rotatable bonds is 6. The Morgan fingerprint density at radius 2 is 1.74 bits per heavy atom. The van der Waals surface area contributed by atoms with Crippen molar-refractivity contribution in [2.24, 2.45) is 5.92 Å². The van der Waals surface area contributed by atoms with Crippen molar-refractivity contribution in [2.45, 2.75) is 24.7 Å². The molecule has 1 fully saturated rings. The molecule has 2 aromatic carbocycles. The van der Waals surface area contributed by atoms with Gasteiger partial charge in [0.15, 0.2) is 5.82 Å². The molecule has 7 nitrogen and oxygen atoms in total. The van der Waals surface area contributed by atoms with E-state index in [0.717, 1.165) is 30.4 Å². The molecule has 0 amide bonds. The standard InChI is InChI=1S/C23H26N4O3S/c1-17-12-14-27(15-13-17)23-11-10-22(24-25-23)18-4-3-5-19(16-18)26-31(28,29)21-8-6-20(30-2)7-9-21/h3-11,16-17,26H,12-15H2,1-2H3. The fourth-order valence-electron chi connectivity index (χ4n) is 3.60. The lowest BCUT2D eigenvalue weighted by Gasteiger charge is -2.30. The Morgan fingerprint density at radius 3 is 2.39 bits per heavy atom. The lowest BCUT2D eigenvalue weighted by Crippen LogP contribution is -2.33. The van der Waals surface area contributed by atoms with Crippen molar-refractivity contribution in [1.82, 2.24) is 10.2 Å². The van der Waals surface area contributed by atoms with Gasteiger partial charge in [-0.15, -0.1) is 10.2 Å². The molecule has 0 aliphatic carbocycles. The Morgan fingerprint density at radius 1 is 1.00 bits per heavy atom. The summed E-state index contributed by atoms with van der Waals surface area (Å²) in [6, 6.07) is 17.3. The highest BCUT2D eigenvalue weighted by molar-refractivity contribution is 7.92. The summed E-state index contributed by atoms with van der Waals surface area (Å²) in [4.78, 5) is 2.43. The summed E-state index contributed by atoms with van der Waals surface area (Å²) in [5.41, 5.74) is 1.95. The molecule has 3 aromatic rings. The van der Waals surface area contributed by atoms with E-state index in [4.69, 9.17) is 4.74 Å². The van der Waals surface area contributed by atoms with Crippen LogP contribution >= 0.6 is 0 Å². The van der Waals surface area contributed by atoms with Crippen molar-refractivity contribution < 1.29 is 13.2 Å². The molecule has 8 heteroatoms. The van der Waals surface area contributed by atoms with Gasteiger partial charge in [-0.2, -0.15) is 0 Å². The monoisotopic (exact) mass is 438 g/mol. The molecule has 162 valence electrons. The van der Waals surface area contributed by atoms with Crippen LogP contribution in [0.3, 0.4) is 0 Å². The Bertz CT molecular complexity index is 1120.